The Kier molecular flexibility index (Phi) is 7.57. The third-order valence-corrected chi connectivity index (χ3v) is 4.99. The highest BCUT2D eigenvalue weighted by atomic mass is 35.5. The number of amides is 1. The maximum absolute atomic E-state index is 12.2. The number of carbonyl (C=O) groups excluding carboxylic acids is 1. The number of nitro benzene ring substituents is 1. The molecule has 32 heavy (non-hydrogen) atoms. The minimum atomic E-state index is -0.452. The molecule has 0 fully saturated rings. The van der Waals surface area contributed by atoms with E-state index in [2.05, 4.69) is 10.5 Å². The monoisotopic (exact) mass is 451 g/mol. The Morgan fingerprint density at radius 2 is 1.88 bits per heavy atom. The van der Waals surface area contributed by atoms with Crippen LogP contribution in [-0.2, 0) is 17.8 Å². The van der Waals surface area contributed by atoms with Gasteiger partial charge in [-0.25, -0.2) is 5.43 Å². The van der Waals surface area contributed by atoms with Crippen molar-refractivity contribution >= 4 is 29.4 Å². The normalized spacial score (nSPS) is 10.8. The summed E-state index contributed by atoms with van der Waals surface area (Å²) < 4.78 is 5.83. The van der Waals surface area contributed by atoms with Crippen molar-refractivity contribution in [1.29, 1.82) is 0 Å². The molecule has 0 aliphatic heterocycles. The van der Waals surface area contributed by atoms with Crippen molar-refractivity contribution in [2.24, 2.45) is 5.10 Å². The second-order valence-corrected chi connectivity index (χ2v) is 7.73. The summed E-state index contributed by atoms with van der Waals surface area (Å²) in [6, 6.07) is 17.1. The first kappa shape index (κ1) is 23.0. The first-order valence-electron chi connectivity index (χ1n) is 9.85. The van der Waals surface area contributed by atoms with Gasteiger partial charge in [0.05, 0.1) is 17.6 Å². The third kappa shape index (κ3) is 6.39. The molecule has 3 rings (SSSR count). The van der Waals surface area contributed by atoms with Crippen LogP contribution in [0.5, 0.6) is 5.75 Å². The molecule has 1 amide bonds. The molecular weight excluding hydrogens is 430 g/mol. The van der Waals surface area contributed by atoms with E-state index in [1.54, 1.807) is 30.3 Å². The number of non-ortho nitro benzene ring substituents is 1. The standard InChI is InChI=1S/C24H22ClN3O4/c1-16-3-6-19(17(2)11-16)13-24(29)27-26-14-20-12-21(25)7-10-23(20)32-15-18-4-8-22(9-5-18)28(30)31/h3-12,14H,13,15H2,1-2H3,(H,27,29)/b26-14-. The Balaban J connectivity index is 1.63. The van der Waals surface area contributed by atoms with Crippen LogP contribution >= 0.6 is 11.6 Å². The second-order valence-electron chi connectivity index (χ2n) is 7.29. The van der Waals surface area contributed by atoms with Gasteiger partial charge in [-0.05, 0) is 60.9 Å². The molecule has 164 valence electrons. The molecular formula is C24H22ClN3O4. The number of halogens is 1. The van der Waals surface area contributed by atoms with Gasteiger partial charge in [-0.2, -0.15) is 5.10 Å². The number of ether oxygens (including phenoxy) is 1. The minimum absolute atomic E-state index is 0.0182. The lowest BCUT2D eigenvalue weighted by Crippen LogP contribution is -2.20. The van der Waals surface area contributed by atoms with Crippen LogP contribution in [0.2, 0.25) is 5.02 Å². The molecule has 0 aliphatic rings. The predicted molar refractivity (Wildman–Crippen MR) is 124 cm³/mol. The summed E-state index contributed by atoms with van der Waals surface area (Å²) in [5, 5.41) is 15.3. The summed E-state index contributed by atoms with van der Waals surface area (Å²) in [5.74, 6) is 0.281. The molecule has 0 radical (unpaired) electrons. The Morgan fingerprint density at radius 1 is 1.12 bits per heavy atom. The highest BCUT2D eigenvalue weighted by Gasteiger charge is 2.08. The van der Waals surface area contributed by atoms with E-state index < -0.39 is 4.92 Å². The number of hydrogen-bond donors (Lipinski definition) is 1. The topological polar surface area (TPSA) is 93.8 Å². The summed E-state index contributed by atoms with van der Waals surface area (Å²) in [7, 11) is 0. The molecule has 0 saturated carbocycles. The molecule has 0 bridgehead atoms. The molecule has 0 atom stereocenters. The third-order valence-electron chi connectivity index (χ3n) is 4.76. The molecule has 0 unspecified atom stereocenters. The van der Waals surface area contributed by atoms with Crippen LogP contribution in [0, 0.1) is 24.0 Å². The molecule has 3 aromatic rings. The lowest BCUT2D eigenvalue weighted by atomic mass is 10.0. The van der Waals surface area contributed by atoms with Crippen molar-refractivity contribution in [2.75, 3.05) is 0 Å². The van der Waals surface area contributed by atoms with Gasteiger partial charge in [0.15, 0.2) is 0 Å². The van der Waals surface area contributed by atoms with E-state index in [-0.39, 0.29) is 24.6 Å². The minimum Gasteiger partial charge on any atom is -0.488 e. The fourth-order valence-corrected chi connectivity index (χ4v) is 3.24. The lowest BCUT2D eigenvalue weighted by molar-refractivity contribution is -0.384. The summed E-state index contributed by atoms with van der Waals surface area (Å²) in [6.45, 7) is 4.19. The number of benzene rings is 3. The largest absolute Gasteiger partial charge is 0.488 e. The Morgan fingerprint density at radius 3 is 2.56 bits per heavy atom. The molecule has 1 N–H and O–H groups in total. The van der Waals surface area contributed by atoms with E-state index in [0.29, 0.717) is 16.3 Å². The van der Waals surface area contributed by atoms with E-state index in [9.17, 15) is 14.9 Å². The van der Waals surface area contributed by atoms with Gasteiger partial charge in [-0.15, -0.1) is 0 Å². The SMILES string of the molecule is Cc1ccc(CC(=O)N/N=C\c2cc(Cl)ccc2OCc2ccc([N+](=O)[O-])cc2)c(C)c1. The van der Waals surface area contributed by atoms with Crippen molar-refractivity contribution in [3.05, 3.63) is 104 Å². The Labute approximate surface area is 190 Å². The number of nitro groups is 1. The highest BCUT2D eigenvalue weighted by molar-refractivity contribution is 6.30. The van der Waals surface area contributed by atoms with Gasteiger partial charge in [0.2, 0.25) is 5.91 Å². The summed E-state index contributed by atoms with van der Waals surface area (Å²) in [6.07, 6.45) is 1.69. The maximum Gasteiger partial charge on any atom is 0.269 e. The van der Waals surface area contributed by atoms with Crippen molar-refractivity contribution < 1.29 is 14.5 Å². The molecule has 0 spiro atoms. The average Bonchev–Trinajstić information content (AvgIpc) is 2.75. The zero-order valence-electron chi connectivity index (χ0n) is 17.7. The van der Waals surface area contributed by atoms with Crippen molar-refractivity contribution in [3.63, 3.8) is 0 Å². The quantitative estimate of drug-likeness (QED) is 0.291. The number of nitrogens with one attached hydrogen (secondary N) is 1. The number of hydrogen-bond acceptors (Lipinski definition) is 5. The summed E-state index contributed by atoms with van der Waals surface area (Å²) in [5.41, 5.74) is 7.05. The fraction of sp³-hybridized carbons (Fsp3) is 0.167. The van der Waals surface area contributed by atoms with Crippen molar-refractivity contribution in [3.8, 4) is 5.75 Å². The molecule has 7 nitrogen and oxygen atoms in total. The number of carbonyl (C=O) groups is 1. The van der Waals surface area contributed by atoms with E-state index in [1.807, 2.05) is 32.0 Å². The zero-order chi connectivity index (χ0) is 23.1. The number of hydrazone groups is 1. The maximum atomic E-state index is 12.2. The van der Waals surface area contributed by atoms with E-state index in [4.69, 9.17) is 16.3 Å². The zero-order valence-corrected chi connectivity index (χ0v) is 18.4. The Bertz CT molecular complexity index is 1160. The average molecular weight is 452 g/mol. The van der Waals surface area contributed by atoms with Crippen LogP contribution in [0.1, 0.15) is 27.8 Å². The highest BCUT2D eigenvalue weighted by Crippen LogP contribution is 2.23. The molecule has 0 saturated heterocycles. The lowest BCUT2D eigenvalue weighted by Gasteiger charge is -2.10. The molecule has 0 aliphatic carbocycles. The van der Waals surface area contributed by atoms with Crippen molar-refractivity contribution in [2.45, 2.75) is 26.9 Å². The van der Waals surface area contributed by atoms with Crippen LogP contribution in [0.4, 0.5) is 5.69 Å². The van der Waals surface area contributed by atoms with Crippen LogP contribution in [0.25, 0.3) is 0 Å². The molecule has 0 heterocycles. The predicted octanol–water partition coefficient (Wildman–Crippen LogP) is 5.14. The second kappa shape index (κ2) is 10.5. The van der Waals surface area contributed by atoms with Gasteiger partial charge in [0.1, 0.15) is 12.4 Å². The first-order valence-corrected chi connectivity index (χ1v) is 10.2. The number of nitrogens with zero attached hydrogens (tertiary/aromatic N) is 2. The van der Waals surface area contributed by atoms with Gasteiger partial charge in [0, 0.05) is 22.7 Å². The summed E-state index contributed by atoms with van der Waals surface area (Å²) >= 11 is 6.09. The van der Waals surface area contributed by atoms with E-state index in [0.717, 1.165) is 22.3 Å². The van der Waals surface area contributed by atoms with Crippen molar-refractivity contribution in [1.82, 2.24) is 5.43 Å². The summed E-state index contributed by atoms with van der Waals surface area (Å²) in [4.78, 5) is 22.6. The smallest absolute Gasteiger partial charge is 0.269 e. The number of aryl methyl sites for hydroxylation is 2. The Hall–Kier alpha value is -3.71. The molecule has 0 aromatic heterocycles. The van der Waals surface area contributed by atoms with Gasteiger partial charge < -0.3 is 4.74 Å². The molecule has 8 heteroatoms. The van der Waals surface area contributed by atoms with Gasteiger partial charge in [-0.1, -0.05) is 35.4 Å². The first-order chi connectivity index (χ1) is 15.3. The van der Waals surface area contributed by atoms with Gasteiger partial charge >= 0.3 is 0 Å². The number of rotatable bonds is 8. The van der Waals surface area contributed by atoms with Gasteiger partial charge in [-0.3, -0.25) is 14.9 Å². The molecule has 3 aromatic carbocycles. The van der Waals surface area contributed by atoms with Gasteiger partial charge in [0.25, 0.3) is 5.69 Å². The van der Waals surface area contributed by atoms with E-state index >= 15 is 0 Å². The van der Waals surface area contributed by atoms with Crippen LogP contribution in [0.15, 0.2) is 65.8 Å². The van der Waals surface area contributed by atoms with Crippen LogP contribution in [0.3, 0.4) is 0 Å². The fourth-order valence-electron chi connectivity index (χ4n) is 3.06. The van der Waals surface area contributed by atoms with Crippen LogP contribution < -0.4 is 10.2 Å². The van der Waals surface area contributed by atoms with E-state index in [1.165, 1.54) is 18.3 Å². The van der Waals surface area contributed by atoms with Crippen LogP contribution in [-0.4, -0.2) is 17.0 Å².